The number of amides is 1. The molecule has 212 valence electrons. The molecule has 3 saturated carbocycles. The van der Waals surface area contributed by atoms with Crippen molar-refractivity contribution in [2.75, 3.05) is 13.7 Å². The molecular weight excluding hydrogens is 488 g/mol. The number of carbonyl (C=O) groups is 3. The molecule has 4 aliphatic carbocycles. The van der Waals surface area contributed by atoms with Gasteiger partial charge >= 0.3 is 18.0 Å². The Morgan fingerprint density at radius 3 is 2.39 bits per heavy atom. The highest BCUT2D eigenvalue weighted by molar-refractivity contribution is 5.93. The molecule has 0 aliphatic heterocycles. The minimum absolute atomic E-state index is 0.0380. The SMILES string of the molecule is CCOC(=O)N/N=C(/C)[C@@]1(OC)[C@H](OC(C)=O)C[C@H]2[C@@H]3CC=C4C[C@@H](OC(C)=O)CC[C@]4(C)[C@H]3CC[C@@]21C. The average Bonchev–Trinajstić information content (AvgIpc) is 3.10. The third-order valence-corrected chi connectivity index (χ3v) is 10.3. The molecule has 8 atom stereocenters. The van der Waals surface area contributed by atoms with Crippen LogP contribution in [-0.2, 0) is 28.5 Å². The predicted molar refractivity (Wildman–Crippen MR) is 141 cm³/mol. The lowest BCUT2D eigenvalue weighted by Crippen LogP contribution is -2.61. The van der Waals surface area contributed by atoms with E-state index in [2.05, 4.69) is 30.5 Å². The molecule has 1 N–H and O–H groups in total. The van der Waals surface area contributed by atoms with Crippen molar-refractivity contribution in [2.45, 2.75) is 104 Å². The van der Waals surface area contributed by atoms with Crippen LogP contribution >= 0.6 is 0 Å². The van der Waals surface area contributed by atoms with E-state index >= 15 is 0 Å². The van der Waals surface area contributed by atoms with Crippen LogP contribution in [0.1, 0.15) is 86.5 Å². The van der Waals surface area contributed by atoms with Crippen LogP contribution < -0.4 is 5.43 Å². The third-order valence-electron chi connectivity index (χ3n) is 10.3. The molecule has 9 heteroatoms. The standard InChI is InChI=1S/C29H44N2O7/c1-8-36-26(34)31-30-17(2)29(35-7)25(38-19(4)33)16-24-22-10-9-20-15-21(37-18(3)32)11-13-27(20,5)23(22)12-14-28(24,29)6/h9,21-25H,8,10-16H2,1-7H3,(H,31,34)/b30-17-/t21-,22+,23-,24-,25+,27-,28-,29+/m0/s1. The normalized spacial score (nSPS) is 40.1. The van der Waals surface area contributed by atoms with Crippen molar-refractivity contribution in [3.05, 3.63) is 11.6 Å². The van der Waals surface area contributed by atoms with Crippen molar-refractivity contribution in [2.24, 2.45) is 33.7 Å². The van der Waals surface area contributed by atoms with Gasteiger partial charge in [0.1, 0.15) is 17.8 Å². The van der Waals surface area contributed by atoms with E-state index in [-0.39, 0.29) is 41.4 Å². The summed E-state index contributed by atoms with van der Waals surface area (Å²) in [5.74, 6) is 0.546. The number of hydrogen-bond donors (Lipinski definition) is 1. The highest BCUT2D eigenvalue weighted by atomic mass is 16.6. The van der Waals surface area contributed by atoms with Crippen LogP contribution in [0.25, 0.3) is 0 Å². The monoisotopic (exact) mass is 532 g/mol. The Bertz CT molecular complexity index is 1020. The molecule has 38 heavy (non-hydrogen) atoms. The number of allylic oxidation sites excluding steroid dienone is 1. The number of fused-ring (bicyclic) bond motifs is 5. The maximum atomic E-state index is 12.3. The van der Waals surface area contributed by atoms with Crippen LogP contribution in [0, 0.1) is 28.6 Å². The lowest BCUT2D eigenvalue weighted by atomic mass is 9.46. The van der Waals surface area contributed by atoms with Gasteiger partial charge in [0.05, 0.1) is 12.3 Å². The van der Waals surface area contributed by atoms with Gasteiger partial charge < -0.3 is 18.9 Å². The van der Waals surface area contributed by atoms with E-state index in [1.807, 2.05) is 6.92 Å². The van der Waals surface area contributed by atoms with Gasteiger partial charge in [-0.3, -0.25) is 9.59 Å². The highest BCUT2D eigenvalue weighted by Gasteiger charge is 2.70. The van der Waals surface area contributed by atoms with Gasteiger partial charge in [-0.1, -0.05) is 25.5 Å². The second-order valence-electron chi connectivity index (χ2n) is 12.0. The van der Waals surface area contributed by atoms with E-state index in [0.717, 1.165) is 38.5 Å². The summed E-state index contributed by atoms with van der Waals surface area (Å²) >= 11 is 0. The van der Waals surface area contributed by atoms with Gasteiger partial charge in [0, 0.05) is 32.8 Å². The third kappa shape index (κ3) is 4.54. The number of nitrogens with one attached hydrogen (secondary N) is 1. The summed E-state index contributed by atoms with van der Waals surface area (Å²) in [5.41, 5.74) is 3.20. The topological polar surface area (TPSA) is 113 Å². The molecule has 0 unspecified atom stereocenters. The first kappa shape index (κ1) is 28.6. The van der Waals surface area contributed by atoms with Gasteiger partial charge in [-0.25, -0.2) is 10.2 Å². The fourth-order valence-corrected chi connectivity index (χ4v) is 8.81. The molecule has 4 aliphatic rings. The molecule has 9 nitrogen and oxygen atoms in total. The Labute approximate surface area is 226 Å². The summed E-state index contributed by atoms with van der Waals surface area (Å²) in [6, 6.07) is 0. The quantitative estimate of drug-likeness (QED) is 0.170. The Morgan fingerprint density at radius 2 is 1.76 bits per heavy atom. The molecule has 0 heterocycles. The molecule has 0 aromatic heterocycles. The van der Waals surface area contributed by atoms with Gasteiger partial charge in [0.15, 0.2) is 0 Å². The van der Waals surface area contributed by atoms with Crippen molar-refractivity contribution < 1.29 is 33.3 Å². The van der Waals surface area contributed by atoms with Gasteiger partial charge in [0.25, 0.3) is 0 Å². The van der Waals surface area contributed by atoms with E-state index in [1.165, 1.54) is 19.4 Å². The minimum Gasteiger partial charge on any atom is -0.462 e. The van der Waals surface area contributed by atoms with Crippen LogP contribution in [0.15, 0.2) is 16.8 Å². The number of hydrazone groups is 1. The molecule has 0 aromatic rings. The maximum absolute atomic E-state index is 12.3. The summed E-state index contributed by atoms with van der Waals surface area (Å²) < 4.78 is 22.9. The first-order valence-corrected chi connectivity index (χ1v) is 14.0. The number of nitrogens with zero attached hydrogens (tertiary/aromatic N) is 1. The number of carbonyl (C=O) groups excluding carboxylic acids is 3. The van der Waals surface area contributed by atoms with Crippen LogP contribution in [0.4, 0.5) is 4.79 Å². The number of hydrogen-bond acceptors (Lipinski definition) is 8. The minimum atomic E-state index is -0.980. The number of methoxy groups -OCH3 is 1. The summed E-state index contributed by atoms with van der Waals surface area (Å²) in [6.45, 7) is 11.3. The smallest absolute Gasteiger partial charge is 0.427 e. The zero-order chi connectivity index (χ0) is 27.9. The second kappa shape index (κ2) is 10.6. The highest BCUT2D eigenvalue weighted by Crippen LogP contribution is 2.68. The Morgan fingerprint density at radius 1 is 1.05 bits per heavy atom. The molecule has 0 aromatic carbocycles. The van der Waals surface area contributed by atoms with Crippen molar-refractivity contribution in [3.63, 3.8) is 0 Å². The Hall–Kier alpha value is -2.42. The number of esters is 2. The first-order valence-electron chi connectivity index (χ1n) is 14.0. The number of rotatable bonds is 6. The summed E-state index contributed by atoms with van der Waals surface area (Å²) in [4.78, 5) is 35.9. The van der Waals surface area contributed by atoms with Gasteiger partial charge in [-0.2, -0.15) is 5.10 Å². The largest absolute Gasteiger partial charge is 0.462 e. The molecule has 4 rings (SSSR count). The summed E-state index contributed by atoms with van der Waals surface area (Å²) in [7, 11) is 1.65. The predicted octanol–water partition coefficient (Wildman–Crippen LogP) is 4.93. The van der Waals surface area contributed by atoms with Gasteiger partial charge in [-0.15, -0.1) is 0 Å². The zero-order valence-electron chi connectivity index (χ0n) is 23.9. The molecule has 1 amide bonds. The number of ether oxygens (including phenoxy) is 4. The molecular formula is C29H44N2O7. The first-order chi connectivity index (χ1) is 17.9. The maximum Gasteiger partial charge on any atom is 0.427 e. The van der Waals surface area contributed by atoms with E-state index in [4.69, 9.17) is 18.9 Å². The molecule has 0 spiro atoms. The molecule has 0 saturated heterocycles. The van der Waals surface area contributed by atoms with Crippen LogP contribution in [0.2, 0.25) is 0 Å². The zero-order valence-corrected chi connectivity index (χ0v) is 23.9. The van der Waals surface area contributed by atoms with Crippen LogP contribution in [0.3, 0.4) is 0 Å². The summed E-state index contributed by atoms with van der Waals surface area (Å²) in [5, 5.41) is 4.40. The van der Waals surface area contributed by atoms with Crippen molar-refractivity contribution in [3.8, 4) is 0 Å². The average molecular weight is 533 g/mol. The van der Waals surface area contributed by atoms with E-state index in [9.17, 15) is 14.4 Å². The van der Waals surface area contributed by atoms with E-state index in [1.54, 1.807) is 14.0 Å². The second-order valence-corrected chi connectivity index (χ2v) is 12.0. The molecule has 3 fully saturated rings. The van der Waals surface area contributed by atoms with Crippen LogP contribution in [-0.4, -0.2) is 55.3 Å². The van der Waals surface area contributed by atoms with Gasteiger partial charge in [-0.05, 0) is 75.5 Å². The Balaban J connectivity index is 1.68. The van der Waals surface area contributed by atoms with Crippen molar-refractivity contribution in [1.29, 1.82) is 0 Å². The van der Waals surface area contributed by atoms with E-state index < -0.39 is 17.8 Å². The fourth-order valence-electron chi connectivity index (χ4n) is 8.81. The van der Waals surface area contributed by atoms with Crippen LogP contribution in [0.5, 0.6) is 0 Å². The van der Waals surface area contributed by atoms with Gasteiger partial charge in [0.2, 0.25) is 0 Å². The van der Waals surface area contributed by atoms with Crippen molar-refractivity contribution >= 4 is 23.7 Å². The fraction of sp³-hybridized carbons (Fsp3) is 0.793. The lowest BCUT2D eigenvalue weighted by Gasteiger charge is -2.59. The molecule has 0 bridgehead atoms. The van der Waals surface area contributed by atoms with E-state index in [0.29, 0.717) is 24.0 Å². The Kier molecular flexibility index (Phi) is 7.99. The summed E-state index contributed by atoms with van der Waals surface area (Å²) in [6.07, 6.45) is 7.38. The lowest BCUT2D eigenvalue weighted by molar-refractivity contribution is -0.167. The molecule has 0 radical (unpaired) electrons. The van der Waals surface area contributed by atoms with Crippen molar-refractivity contribution in [1.82, 2.24) is 5.43 Å².